The van der Waals surface area contributed by atoms with E-state index in [-0.39, 0.29) is 12.4 Å². The number of hydrazine groups is 1. The van der Waals surface area contributed by atoms with Crippen molar-refractivity contribution in [1.29, 1.82) is 0 Å². The van der Waals surface area contributed by atoms with Crippen LogP contribution in [-0.2, 0) is 17.9 Å². The summed E-state index contributed by atoms with van der Waals surface area (Å²) in [5, 5.41) is 19.1. The van der Waals surface area contributed by atoms with Crippen molar-refractivity contribution in [3.63, 3.8) is 0 Å². The Morgan fingerprint density at radius 3 is 2.75 bits per heavy atom. The van der Waals surface area contributed by atoms with Crippen molar-refractivity contribution in [3.05, 3.63) is 65.3 Å². The Bertz CT molecular complexity index is 1520. The summed E-state index contributed by atoms with van der Waals surface area (Å²) in [6, 6.07) is 12.2. The second-order valence-electron chi connectivity index (χ2n) is 9.24. The minimum atomic E-state index is -0.415. The molecule has 1 aliphatic carbocycles. The zero-order valence-electron chi connectivity index (χ0n) is 21.8. The van der Waals surface area contributed by atoms with Gasteiger partial charge in [0.15, 0.2) is 18.2 Å². The van der Waals surface area contributed by atoms with Gasteiger partial charge in [0, 0.05) is 24.2 Å². The lowest BCUT2D eigenvalue weighted by Crippen LogP contribution is -2.49. The average molecular weight is 545 g/mol. The Kier molecular flexibility index (Phi) is 7.23. The molecule has 2 aliphatic rings. The van der Waals surface area contributed by atoms with Gasteiger partial charge >= 0.3 is 6.03 Å². The molecule has 0 unspecified atom stereocenters. The Hall–Kier alpha value is -4.59. The summed E-state index contributed by atoms with van der Waals surface area (Å²) in [5.74, 6) is 1.36. The summed E-state index contributed by atoms with van der Waals surface area (Å²) in [6.45, 7) is 5.77. The number of H-pyrrole nitrogens is 1. The topological polar surface area (TPSA) is 160 Å². The molecule has 6 rings (SSSR count). The summed E-state index contributed by atoms with van der Waals surface area (Å²) < 4.78 is 16.3. The maximum Gasteiger partial charge on any atom is 0.333 e. The van der Waals surface area contributed by atoms with E-state index in [4.69, 9.17) is 14.0 Å². The zero-order chi connectivity index (χ0) is 27.5. The third-order valence-electron chi connectivity index (χ3n) is 6.61. The Morgan fingerprint density at radius 2 is 1.95 bits per heavy atom. The van der Waals surface area contributed by atoms with Crippen LogP contribution in [0, 0.1) is 0 Å². The van der Waals surface area contributed by atoms with E-state index < -0.39 is 6.03 Å². The summed E-state index contributed by atoms with van der Waals surface area (Å²) >= 11 is 0. The zero-order valence-corrected chi connectivity index (χ0v) is 21.8. The highest BCUT2D eigenvalue weighted by Gasteiger charge is 2.35. The largest absolute Gasteiger partial charge is 0.484 e. The molecule has 1 aliphatic heterocycles. The number of hydrogen-bond acceptors (Lipinski definition) is 10. The van der Waals surface area contributed by atoms with Crippen LogP contribution in [0.3, 0.4) is 0 Å². The monoisotopic (exact) mass is 544 g/mol. The predicted octanol–water partition coefficient (Wildman–Crippen LogP) is 2.73. The maximum atomic E-state index is 13.6. The van der Waals surface area contributed by atoms with Crippen molar-refractivity contribution in [2.75, 3.05) is 38.2 Å². The van der Waals surface area contributed by atoms with Gasteiger partial charge in [0.1, 0.15) is 11.4 Å². The van der Waals surface area contributed by atoms with E-state index in [2.05, 4.69) is 36.4 Å². The van der Waals surface area contributed by atoms with Crippen LogP contribution in [-0.4, -0.2) is 70.0 Å². The molecule has 2 aromatic carbocycles. The number of rotatable bonds is 9. The van der Waals surface area contributed by atoms with Crippen LogP contribution in [0.5, 0.6) is 5.75 Å². The van der Waals surface area contributed by atoms with Crippen molar-refractivity contribution in [1.82, 2.24) is 36.1 Å². The van der Waals surface area contributed by atoms with Gasteiger partial charge in [0.2, 0.25) is 0 Å². The molecule has 2 amide bonds. The number of fused-ring (bicyclic) bond motifs is 3. The summed E-state index contributed by atoms with van der Waals surface area (Å²) in [7, 11) is 0. The Morgan fingerprint density at radius 1 is 1.12 bits per heavy atom. The lowest BCUT2D eigenvalue weighted by Gasteiger charge is -2.27. The van der Waals surface area contributed by atoms with Crippen molar-refractivity contribution >= 4 is 17.5 Å². The number of anilines is 1. The van der Waals surface area contributed by atoms with Crippen molar-refractivity contribution < 1.29 is 23.6 Å². The van der Waals surface area contributed by atoms with Gasteiger partial charge in [-0.05, 0) is 36.9 Å². The molecule has 0 saturated carbocycles. The summed E-state index contributed by atoms with van der Waals surface area (Å²) in [5.41, 5.74) is 6.71. The van der Waals surface area contributed by atoms with Gasteiger partial charge in [0.25, 0.3) is 5.89 Å². The molecule has 13 nitrogen and oxygen atoms in total. The molecule has 4 N–H and O–H groups in total. The van der Waals surface area contributed by atoms with Crippen LogP contribution < -0.4 is 20.8 Å². The van der Waals surface area contributed by atoms with E-state index >= 15 is 0 Å². The minimum absolute atomic E-state index is 0.138. The van der Waals surface area contributed by atoms with E-state index in [9.17, 15) is 9.59 Å². The molecule has 4 aromatic rings. The smallest absolute Gasteiger partial charge is 0.333 e. The second kappa shape index (κ2) is 11.3. The molecular weight excluding hydrogens is 516 g/mol. The molecule has 1 fully saturated rings. The molecule has 0 atom stereocenters. The number of carbonyl (C=O) groups excluding carboxylic acids is 2. The minimum Gasteiger partial charge on any atom is -0.484 e. The predicted molar refractivity (Wildman–Crippen MR) is 143 cm³/mol. The lowest BCUT2D eigenvalue weighted by molar-refractivity contribution is 0.0207. The highest BCUT2D eigenvalue weighted by atomic mass is 16.5. The molecule has 0 bridgehead atoms. The molecule has 1 saturated heterocycles. The molecule has 40 heavy (non-hydrogen) atoms. The number of benzene rings is 2. The number of amides is 2. The van der Waals surface area contributed by atoms with Gasteiger partial charge in [-0.1, -0.05) is 24.2 Å². The number of carbonyl (C=O) groups is 2. The van der Waals surface area contributed by atoms with Crippen molar-refractivity contribution in [2.24, 2.45) is 0 Å². The highest BCUT2D eigenvalue weighted by Crippen LogP contribution is 2.43. The average Bonchev–Trinajstić information content (AvgIpc) is 3.69. The van der Waals surface area contributed by atoms with E-state index in [0.717, 1.165) is 12.1 Å². The fraction of sp³-hybridized carbons (Fsp3) is 0.296. The van der Waals surface area contributed by atoms with Crippen LogP contribution in [0.15, 0.2) is 47.0 Å². The van der Waals surface area contributed by atoms with E-state index in [1.54, 1.807) is 29.3 Å². The van der Waals surface area contributed by atoms with Gasteiger partial charge in [-0.25, -0.2) is 9.80 Å². The molecular formula is C27H28N8O5. The van der Waals surface area contributed by atoms with Gasteiger partial charge in [-0.15, -0.1) is 0 Å². The molecule has 0 spiro atoms. The maximum absolute atomic E-state index is 13.6. The van der Waals surface area contributed by atoms with Crippen molar-refractivity contribution in [3.8, 4) is 28.3 Å². The van der Waals surface area contributed by atoms with Gasteiger partial charge in [0.05, 0.1) is 42.3 Å². The molecule has 3 heterocycles. The second-order valence-corrected chi connectivity index (χ2v) is 9.24. The van der Waals surface area contributed by atoms with Crippen LogP contribution in [0.1, 0.15) is 34.6 Å². The number of morpholine rings is 1. The number of nitrogens with one attached hydrogen (secondary N) is 4. The van der Waals surface area contributed by atoms with Crippen LogP contribution >= 0.6 is 0 Å². The molecule has 13 heteroatoms. The van der Waals surface area contributed by atoms with Crippen LogP contribution in [0.2, 0.25) is 0 Å². The van der Waals surface area contributed by atoms with Crippen LogP contribution in [0.4, 0.5) is 10.5 Å². The summed E-state index contributed by atoms with van der Waals surface area (Å²) in [6.07, 6.45) is 0. The quantitative estimate of drug-likeness (QED) is 0.217. The fourth-order valence-corrected chi connectivity index (χ4v) is 4.68. The van der Waals surface area contributed by atoms with Gasteiger partial charge < -0.3 is 24.6 Å². The van der Waals surface area contributed by atoms with Crippen LogP contribution in [0.25, 0.3) is 22.5 Å². The van der Waals surface area contributed by atoms with E-state index in [1.807, 2.05) is 25.1 Å². The summed E-state index contributed by atoms with van der Waals surface area (Å²) in [4.78, 5) is 30.5. The number of urea groups is 1. The lowest BCUT2D eigenvalue weighted by atomic mass is 10.0. The highest BCUT2D eigenvalue weighted by molar-refractivity contribution is 6.26. The first kappa shape index (κ1) is 25.7. The number of ether oxygens (including phenoxy) is 2. The number of ketones is 1. The third-order valence-corrected chi connectivity index (χ3v) is 6.61. The Balaban J connectivity index is 1.15. The number of aromatic nitrogens is 4. The SMILES string of the molecule is CCNCc1noc(COc2ccc(-c3n[nH]c4c3C(=O)c3c(NC(=O)NN5CCOCC5)cccc3-4)cc2)n1. The first-order valence-corrected chi connectivity index (χ1v) is 13.0. The van der Waals surface area contributed by atoms with Gasteiger partial charge in [-0.3, -0.25) is 15.3 Å². The Labute approximate surface area is 229 Å². The molecule has 2 aromatic heterocycles. The normalized spacial score (nSPS) is 14.6. The number of hydrogen-bond donors (Lipinski definition) is 4. The first-order valence-electron chi connectivity index (χ1n) is 13.0. The fourth-order valence-electron chi connectivity index (χ4n) is 4.68. The van der Waals surface area contributed by atoms with Gasteiger partial charge in [-0.2, -0.15) is 10.1 Å². The molecule has 206 valence electrons. The molecule has 0 radical (unpaired) electrons. The third kappa shape index (κ3) is 5.17. The first-order chi connectivity index (χ1) is 19.6. The number of nitrogens with zero attached hydrogens (tertiary/aromatic N) is 4. The van der Waals surface area contributed by atoms with Crippen molar-refractivity contribution in [2.45, 2.75) is 20.1 Å². The standard InChI is InChI=1S/C27H28N8O5/c1-2-28-14-20-30-21(40-34-20)15-39-17-8-6-16(7-9-17)24-23-25(32-31-24)18-4-3-5-19(22(18)26(23)36)29-27(37)33-35-10-12-38-13-11-35/h3-9,28H,2,10-15H2,1H3,(H,31,32)(H2,29,33,37). The van der Waals surface area contributed by atoms with E-state index in [0.29, 0.717) is 84.1 Å². The van der Waals surface area contributed by atoms with E-state index in [1.165, 1.54) is 0 Å². The number of aromatic amines is 1.